The van der Waals surface area contributed by atoms with Crippen LogP contribution in [-0.4, -0.2) is 13.5 Å². The lowest BCUT2D eigenvalue weighted by Crippen LogP contribution is -2.15. The Balaban J connectivity index is 2.47. The van der Waals surface area contributed by atoms with Crippen molar-refractivity contribution < 1.29 is 13.5 Å². The number of anilines is 1. The van der Waals surface area contributed by atoms with Gasteiger partial charge in [0.2, 0.25) is 0 Å². The second-order valence-electron chi connectivity index (χ2n) is 4.83. The summed E-state index contributed by atoms with van der Waals surface area (Å²) >= 11 is 0. The zero-order valence-corrected chi connectivity index (χ0v) is 12.5. The Morgan fingerprint density at radius 2 is 1.50 bits per heavy atom. The van der Waals surface area contributed by atoms with Gasteiger partial charge in [-0.15, -0.1) is 0 Å². The van der Waals surface area contributed by atoms with Crippen LogP contribution in [0.4, 0.5) is 5.69 Å². The highest BCUT2D eigenvalue weighted by Crippen LogP contribution is 2.28. The summed E-state index contributed by atoms with van der Waals surface area (Å²) in [5, 5.41) is 9.50. The van der Waals surface area contributed by atoms with Crippen molar-refractivity contribution in [1.29, 1.82) is 0 Å². The van der Waals surface area contributed by atoms with E-state index in [1.807, 2.05) is 0 Å². The Bertz CT molecular complexity index is 728. The van der Waals surface area contributed by atoms with E-state index in [4.69, 9.17) is 0 Å². The van der Waals surface area contributed by atoms with Gasteiger partial charge in [0.1, 0.15) is 5.75 Å². The number of nitrogens with one attached hydrogen (secondary N) is 1. The Kier molecular flexibility index (Phi) is 3.72. The molecule has 2 rings (SSSR count). The Morgan fingerprint density at radius 1 is 0.950 bits per heavy atom. The fourth-order valence-corrected chi connectivity index (χ4v) is 3.60. The van der Waals surface area contributed by atoms with Gasteiger partial charge in [-0.2, -0.15) is 0 Å². The normalized spacial score (nSPS) is 11.3. The molecule has 0 saturated carbocycles. The molecule has 4 nitrogen and oxygen atoms in total. The fraction of sp³-hybridized carbons (Fsp3) is 0.200. The van der Waals surface area contributed by atoms with Crippen molar-refractivity contribution in [1.82, 2.24) is 0 Å². The largest absolute Gasteiger partial charge is 0.508 e. The monoisotopic (exact) mass is 291 g/mol. The lowest BCUT2D eigenvalue weighted by atomic mass is 10.1. The van der Waals surface area contributed by atoms with Gasteiger partial charge in [-0.25, -0.2) is 8.42 Å². The molecule has 2 aromatic carbocycles. The summed E-state index contributed by atoms with van der Waals surface area (Å²) in [7, 11) is -3.63. The fourth-order valence-electron chi connectivity index (χ4n) is 2.15. The van der Waals surface area contributed by atoms with Crippen LogP contribution in [0.15, 0.2) is 41.3 Å². The van der Waals surface area contributed by atoms with E-state index in [0.717, 1.165) is 0 Å². The second kappa shape index (κ2) is 5.17. The number of aromatic hydroxyl groups is 1. The van der Waals surface area contributed by atoms with Gasteiger partial charge in [-0.3, -0.25) is 4.72 Å². The van der Waals surface area contributed by atoms with E-state index in [9.17, 15) is 13.5 Å². The molecule has 0 spiro atoms. The summed E-state index contributed by atoms with van der Waals surface area (Å²) in [5.41, 5.74) is 2.56. The molecular formula is C15H17NO3S. The van der Waals surface area contributed by atoms with Crippen LogP contribution in [-0.2, 0) is 10.0 Å². The number of aryl methyl sites for hydroxylation is 3. The number of hydrogen-bond acceptors (Lipinski definition) is 3. The first-order valence-corrected chi connectivity index (χ1v) is 7.68. The van der Waals surface area contributed by atoms with Crippen molar-refractivity contribution in [2.45, 2.75) is 25.7 Å². The smallest absolute Gasteiger partial charge is 0.262 e. The molecule has 0 aliphatic carbocycles. The molecule has 0 radical (unpaired) electrons. The average Bonchev–Trinajstić information content (AvgIpc) is 2.34. The molecule has 5 heteroatoms. The minimum Gasteiger partial charge on any atom is -0.508 e. The SMILES string of the molecule is Cc1ccccc1S(=O)(=O)Nc1c(C)cc(O)cc1C. The summed E-state index contributed by atoms with van der Waals surface area (Å²) in [6.45, 7) is 5.26. The second-order valence-corrected chi connectivity index (χ2v) is 6.48. The molecule has 0 bridgehead atoms. The van der Waals surface area contributed by atoms with E-state index in [0.29, 0.717) is 22.4 Å². The van der Waals surface area contributed by atoms with Gasteiger partial charge in [0.15, 0.2) is 0 Å². The molecule has 2 aromatic rings. The minimum absolute atomic E-state index is 0.124. The molecule has 0 aliphatic rings. The molecule has 2 N–H and O–H groups in total. The van der Waals surface area contributed by atoms with E-state index in [1.54, 1.807) is 45.0 Å². The number of sulfonamides is 1. The summed E-state index contributed by atoms with van der Waals surface area (Å²) < 4.78 is 27.5. The van der Waals surface area contributed by atoms with Crippen LogP contribution in [0.5, 0.6) is 5.75 Å². The van der Waals surface area contributed by atoms with Gasteiger partial charge in [-0.1, -0.05) is 18.2 Å². The molecule has 106 valence electrons. The number of hydrogen-bond donors (Lipinski definition) is 2. The first-order chi connectivity index (χ1) is 9.31. The standard InChI is InChI=1S/C15H17NO3S/c1-10-6-4-5-7-14(10)20(18,19)16-15-11(2)8-13(17)9-12(15)3/h4-9,16-17H,1-3H3. The predicted molar refractivity (Wildman–Crippen MR) is 79.6 cm³/mol. The molecule has 0 amide bonds. The summed E-state index contributed by atoms with van der Waals surface area (Å²) in [6.07, 6.45) is 0. The third-order valence-corrected chi connectivity index (χ3v) is 4.65. The lowest BCUT2D eigenvalue weighted by Gasteiger charge is -2.15. The van der Waals surface area contributed by atoms with Gasteiger partial charge in [0.05, 0.1) is 10.6 Å². The van der Waals surface area contributed by atoms with Crippen LogP contribution < -0.4 is 4.72 Å². The predicted octanol–water partition coefficient (Wildman–Crippen LogP) is 3.12. The maximum Gasteiger partial charge on any atom is 0.262 e. The minimum atomic E-state index is -3.63. The van der Waals surface area contributed by atoms with Crippen LogP contribution in [0.1, 0.15) is 16.7 Å². The first-order valence-electron chi connectivity index (χ1n) is 6.20. The van der Waals surface area contributed by atoms with Crippen molar-refractivity contribution in [3.05, 3.63) is 53.1 Å². The van der Waals surface area contributed by atoms with Crippen molar-refractivity contribution in [2.75, 3.05) is 4.72 Å². The van der Waals surface area contributed by atoms with E-state index < -0.39 is 10.0 Å². The van der Waals surface area contributed by atoms with Crippen LogP contribution in [0.25, 0.3) is 0 Å². The molecule has 0 atom stereocenters. The summed E-state index contributed by atoms with van der Waals surface area (Å²) in [6, 6.07) is 9.88. The summed E-state index contributed by atoms with van der Waals surface area (Å²) in [4.78, 5) is 0.256. The van der Waals surface area contributed by atoms with Gasteiger partial charge in [0.25, 0.3) is 10.0 Å². The maximum atomic E-state index is 12.4. The molecular weight excluding hydrogens is 274 g/mol. The van der Waals surface area contributed by atoms with Crippen molar-refractivity contribution >= 4 is 15.7 Å². The molecule has 0 fully saturated rings. The quantitative estimate of drug-likeness (QED) is 0.854. The van der Waals surface area contributed by atoms with E-state index >= 15 is 0 Å². The van der Waals surface area contributed by atoms with E-state index in [1.165, 1.54) is 12.1 Å². The van der Waals surface area contributed by atoms with Crippen LogP contribution in [0.2, 0.25) is 0 Å². The van der Waals surface area contributed by atoms with Crippen LogP contribution >= 0.6 is 0 Å². The Hall–Kier alpha value is -2.01. The first kappa shape index (κ1) is 14.4. The van der Waals surface area contributed by atoms with E-state index in [-0.39, 0.29) is 10.6 Å². The highest BCUT2D eigenvalue weighted by molar-refractivity contribution is 7.92. The van der Waals surface area contributed by atoms with Gasteiger partial charge in [-0.05, 0) is 55.7 Å². The Labute approximate surface area is 119 Å². The highest BCUT2D eigenvalue weighted by atomic mass is 32.2. The average molecular weight is 291 g/mol. The number of phenolic OH excluding ortho intramolecular Hbond substituents is 1. The molecule has 0 aromatic heterocycles. The molecule has 0 unspecified atom stereocenters. The molecule has 0 saturated heterocycles. The van der Waals surface area contributed by atoms with Gasteiger partial charge in [0, 0.05) is 0 Å². The zero-order chi connectivity index (χ0) is 14.9. The third kappa shape index (κ3) is 2.77. The van der Waals surface area contributed by atoms with Crippen molar-refractivity contribution in [3.8, 4) is 5.75 Å². The zero-order valence-electron chi connectivity index (χ0n) is 11.6. The highest BCUT2D eigenvalue weighted by Gasteiger charge is 2.18. The van der Waals surface area contributed by atoms with Crippen LogP contribution in [0, 0.1) is 20.8 Å². The molecule has 0 aliphatic heterocycles. The third-order valence-electron chi connectivity index (χ3n) is 3.14. The number of phenols is 1. The number of rotatable bonds is 3. The molecule has 20 heavy (non-hydrogen) atoms. The van der Waals surface area contributed by atoms with Crippen molar-refractivity contribution in [2.24, 2.45) is 0 Å². The number of benzene rings is 2. The van der Waals surface area contributed by atoms with Crippen molar-refractivity contribution in [3.63, 3.8) is 0 Å². The van der Waals surface area contributed by atoms with Gasteiger partial charge >= 0.3 is 0 Å². The Morgan fingerprint density at radius 3 is 2.05 bits per heavy atom. The lowest BCUT2D eigenvalue weighted by molar-refractivity contribution is 0.474. The van der Waals surface area contributed by atoms with Gasteiger partial charge < -0.3 is 5.11 Å². The topological polar surface area (TPSA) is 66.4 Å². The van der Waals surface area contributed by atoms with E-state index in [2.05, 4.69) is 4.72 Å². The molecule has 0 heterocycles. The summed E-state index contributed by atoms with van der Waals surface area (Å²) in [5.74, 6) is 0.124. The maximum absolute atomic E-state index is 12.4. The van der Waals surface area contributed by atoms with Crippen LogP contribution in [0.3, 0.4) is 0 Å².